The Bertz CT molecular complexity index is 1750. The lowest BCUT2D eigenvalue weighted by Crippen LogP contribution is -2.39. The second-order valence-corrected chi connectivity index (χ2v) is 15.2. The molecule has 19 nitrogen and oxygen atoms in total. The highest BCUT2D eigenvalue weighted by molar-refractivity contribution is 7.60. The quantitative estimate of drug-likeness (QED) is 0.115. The van der Waals surface area contributed by atoms with Gasteiger partial charge in [-0.05, 0) is 50.8 Å². The van der Waals surface area contributed by atoms with Crippen molar-refractivity contribution in [3.8, 4) is 0 Å². The number of aliphatic hydroxyl groups is 1. The van der Waals surface area contributed by atoms with Gasteiger partial charge in [0.15, 0.2) is 23.2 Å². The Morgan fingerprint density at radius 1 is 1.13 bits per heavy atom. The summed E-state index contributed by atoms with van der Waals surface area (Å²) in [5.41, 5.74) is 4.56. The number of fused-ring (bicyclic) bond motifs is 2. The van der Waals surface area contributed by atoms with E-state index in [4.69, 9.17) is 24.7 Å². The third-order valence-electron chi connectivity index (χ3n) is 7.83. The van der Waals surface area contributed by atoms with Crippen LogP contribution in [0.3, 0.4) is 0 Å². The standard InChI is InChI=1S/C26H36N6O13P2/c1-26(2)44-19-18(43-23(20(19)45-26)32-12-29-17-21(32)30-24(27)31-22(17)34)16(33)8-7-15(47(39,40)41)9-10-28-25(35)42-11-13-3-5-14(6-4-13)46(36,37)38/h3-6,12,15-16,18-20,23,33H,7-11H2,1-2H3,(H,28,35)(H2,36,37,38)(H2,39,40,41)(H3,27,30,31,34)/t15?,16?,18-,19-,20-,23-/m1/s1. The lowest BCUT2D eigenvalue weighted by Gasteiger charge is -2.27. The molecule has 21 heteroatoms. The fourth-order valence-electron chi connectivity index (χ4n) is 5.61. The van der Waals surface area contributed by atoms with Gasteiger partial charge in [-0.15, -0.1) is 0 Å². The summed E-state index contributed by atoms with van der Waals surface area (Å²) < 4.78 is 48.3. The van der Waals surface area contributed by atoms with Gasteiger partial charge in [-0.1, -0.05) is 12.1 Å². The van der Waals surface area contributed by atoms with Gasteiger partial charge in [0, 0.05) is 6.54 Å². The molecule has 0 spiro atoms. The summed E-state index contributed by atoms with van der Waals surface area (Å²) in [6.07, 6.45) is -4.66. The number of benzene rings is 1. The van der Waals surface area contributed by atoms with Crippen molar-refractivity contribution in [1.82, 2.24) is 24.8 Å². The molecule has 2 saturated heterocycles. The lowest BCUT2D eigenvalue weighted by atomic mass is 10.0. The van der Waals surface area contributed by atoms with E-state index in [9.17, 15) is 43.4 Å². The van der Waals surface area contributed by atoms with Gasteiger partial charge in [-0.3, -0.25) is 23.5 Å². The fraction of sp³-hybridized carbons (Fsp3) is 0.538. The minimum atomic E-state index is -4.67. The van der Waals surface area contributed by atoms with Crippen LogP contribution in [-0.2, 0) is 34.7 Å². The molecule has 3 aromatic rings. The molecule has 0 saturated carbocycles. The molecule has 4 heterocycles. The Labute approximate surface area is 266 Å². The zero-order valence-corrected chi connectivity index (χ0v) is 27.0. The number of rotatable bonds is 12. The summed E-state index contributed by atoms with van der Waals surface area (Å²) in [7, 11) is -9.07. The summed E-state index contributed by atoms with van der Waals surface area (Å²) in [6.45, 7) is 3.01. The number of nitrogen functional groups attached to an aromatic ring is 1. The molecule has 2 unspecified atom stereocenters. The minimum Gasteiger partial charge on any atom is -0.445 e. The highest BCUT2D eigenvalue weighted by atomic mass is 31.2. The van der Waals surface area contributed by atoms with Crippen LogP contribution < -0.4 is 21.9 Å². The maximum atomic E-state index is 12.3. The number of hydrogen-bond donors (Lipinski definition) is 8. The molecule has 0 radical (unpaired) electrons. The molecular weight excluding hydrogens is 666 g/mol. The molecule has 2 fully saturated rings. The number of carbonyl (C=O) groups excluding carboxylic acids is 1. The first-order chi connectivity index (χ1) is 21.9. The molecule has 9 N–H and O–H groups in total. The number of nitrogens with two attached hydrogens (primary N) is 1. The number of alkyl carbamates (subject to hydrolysis) is 1. The molecule has 1 aromatic carbocycles. The molecule has 2 aliphatic rings. The third-order valence-corrected chi connectivity index (χ3v) is 10.3. The van der Waals surface area contributed by atoms with E-state index in [-0.39, 0.29) is 54.8 Å². The first-order valence-corrected chi connectivity index (χ1v) is 17.7. The summed E-state index contributed by atoms with van der Waals surface area (Å²) in [5.74, 6) is -1.20. The van der Waals surface area contributed by atoms with Crippen LogP contribution in [0, 0.1) is 0 Å². The third kappa shape index (κ3) is 8.09. The minimum absolute atomic E-state index is 0.0142. The van der Waals surface area contributed by atoms with Gasteiger partial charge in [0.1, 0.15) is 24.9 Å². The topological polar surface area (TPSA) is 291 Å². The van der Waals surface area contributed by atoms with E-state index < -0.39 is 68.9 Å². The van der Waals surface area contributed by atoms with Gasteiger partial charge in [0.2, 0.25) is 5.95 Å². The summed E-state index contributed by atoms with van der Waals surface area (Å²) >= 11 is 0. The molecule has 0 aliphatic carbocycles. The summed E-state index contributed by atoms with van der Waals surface area (Å²) in [4.78, 5) is 73.4. The van der Waals surface area contributed by atoms with Crippen LogP contribution >= 0.6 is 15.2 Å². The van der Waals surface area contributed by atoms with Gasteiger partial charge in [0.25, 0.3) is 5.56 Å². The van der Waals surface area contributed by atoms with Gasteiger partial charge in [-0.25, -0.2) is 9.78 Å². The first-order valence-electron chi connectivity index (χ1n) is 14.5. The molecule has 2 aliphatic heterocycles. The summed E-state index contributed by atoms with van der Waals surface area (Å²) in [6, 6.07) is 5.22. The smallest absolute Gasteiger partial charge is 0.407 e. The van der Waals surface area contributed by atoms with Crippen molar-refractivity contribution < 1.29 is 57.6 Å². The maximum Gasteiger partial charge on any atom is 0.407 e. The number of aromatic nitrogens is 4. The lowest BCUT2D eigenvalue weighted by molar-refractivity contribution is -0.207. The number of nitrogens with zero attached hydrogens (tertiary/aromatic N) is 3. The number of imidazole rings is 1. The second-order valence-electron chi connectivity index (χ2n) is 11.7. The molecule has 258 valence electrons. The summed E-state index contributed by atoms with van der Waals surface area (Å²) in [5, 5.41) is 13.4. The van der Waals surface area contributed by atoms with E-state index in [0.29, 0.717) is 5.56 Å². The van der Waals surface area contributed by atoms with Gasteiger partial charge < -0.3 is 54.7 Å². The van der Waals surface area contributed by atoms with Crippen molar-refractivity contribution in [2.75, 3.05) is 12.3 Å². The van der Waals surface area contributed by atoms with Crippen LogP contribution in [0.5, 0.6) is 0 Å². The second kappa shape index (κ2) is 13.4. The Morgan fingerprint density at radius 3 is 2.47 bits per heavy atom. The number of H-pyrrole nitrogens is 1. The average Bonchev–Trinajstić information content (AvgIpc) is 3.63. The number of hydrogen-bond acceptors (Lipinski definition) is 12. The van der Waals surface area contributed by atoms with Crippen LogP contribution in [0.4, 0.5) is 10.7 Å². The normalized spacial score (nSPS) is 23.8. The molecule has 2 aromatic heterocycles. The fourth-order valence-corrected chi connectivity index (χ4v) is 7.09. The highest BCUT2D eigenvalue weighted by Gasteiger charge is 2.58. The first kappa shape index (κ1) is 35.1. The largest absolute Gasteiger partial charge is 0.445 e. The van der Waals surface area contributed by atoms with Crippen LogP contribution in [0.15, 0.2) is 35.4 Å². The molecule has 5 rings (SSSR count). The Balaban J connectivity index is 1.18. The highest BCUT2D eigenvalue weighted by Crippen LogP contribution is 2.47. The van der Waals surface area contributed by atoms with Crippen molar-refractivity contribution in [3.05, 3.63) is 46.5 Å². The number of aromatic amines is 1. The maximum absolute atomic E-state index is 12.3. The molecule has 0 bridgehead atoms. The van der Waals surface area contributed by atoms with Gasteiger partial charge >= 0.3 is 21.3 Å². The molecule has 47 heavy (non-hydrogen) atoms. The number of ether oxygens (including phenoxy) is 4. The zero-order chi connectivity index (χ0) is 34.3. The average molecular weight is 703 g/mol. The van der Waals surface area contributed by atoms with Crippen molar-refractivity contribution in [3.63, 3.8) is 0 Å². The van der Waals surface area contributed by atoms with Crippen LogP contribution in [0.1, 0.15) is 44.9 Å². The van der Waals surface area contributed by atoms with E-state index in [1.807, 2.05) is 0 Å². The number of aliphatic hydroxyl groups excluding tert-OH is 1. The van der Waals surface area contributed by atoms with Crippen molar-refractivity contribution >= 4 is 43.7 Å². The van der Waals surface area contributed by atoms with Gasteiger partial charge in [-0.2, -0.15) is 4.98 Å². The molecule has 1 amide bonds. The van der Waals surface area contributed by atoms with Crippen molar-refractivity contribution in [2.45, 2.75) is 81.8 Å². The Kier molecular flexibility index (Phi) is 9.97. The van der Waals surface area contributed by atoms with Crippen molar-refractivity contribution in [1.29, 1.82) is 0 Å². The predicted molar refractivity (Wildman–Crippen MR) is 162 cm³/mol. The van der Waals surface area contributed by atoms with E-state index in [2.05, 4.69) is 20.3 Å². The molecule has 6 atom stereocenters. The van der Waals surface area contributed by atoms with E-state index >= 15 is 0 Å². The number of carbonyl (C=O) groups is 1. The van der Waals surface area contributed by atoms with Gasteiger partial charge in [0.05, 0.1) is 23.4 Å². The Morgan fingerprint density at radius 2 is 1.81 bits per heavy atom. The van der Waals surface area contributed by atoms with Crippen LogP contribution in [0.25, 0.3) is 11.2 Å². The number of amides is 1. The van der Waals surface area contributed by atoms with Crippen LogP contribution in [0.2, 0.25) is 0 Å². The van der Waals surface area contributed by atoms with E-state index in [1.165, 1.54) is 35.2 Å². The number of anilines is 1. The number of nitrogens with one attached hydrogen (secondary N) is 2. The predicted octanol–water partition coefficient (Wildman–Crippen LogP) is -0.0738. The van der Waals surface area contributed by atoms with E-state index in [0.717, 1.165) is 0 Å². The Hall–Kier alpha value is -3.22. The SMILES string of the molecule is CC1(C)O[C@@H]2[C@H](O1)[C@@H](C(O)CCC(CCNC(=O)OCc1ccc(P(=O)(O)O)cc1)P(=O)(O)O)O[C@H]2n1cnc2c(=O)[nH]c(N)nc21. The monoisotopic (exact) mass is 702 g/mol. The van der Waals surface area contributed by atoms with E-state index in [1.54, 1.807) is 13.8 Å². The zero-order valence-electron chi connectivity index (χ0n) is 25.2. The van der Waals surface area contributed by atoms with Crippen molar-refractivity contribution in [2.24, 2.45) is 0 Å². The van der Waals surface area contributed by atoms with Crippen LogP contribution in [-0.4, -0.2) is 92.7 Å². The molecular formula is C26H36N6O13P2.